The molecule has 0 aromatic carbocycles. The van der Waals surface area contributed by atoms with Crippen LogP contribution in [-0.2, 0) is 16.0 Å². The number of anilines is 1. The summed E-state index contributed by atoms with van der Waals surface area (Å²) in [6.07, 6.45) is 1.52. The van der Waals surface area contributed by atoms with Crippen LogP contribution in [0.4, 0.5) is 5.00 Å². The molecule has 1 N–H and O–H groups in total. The molecule has 0 fully saturated rings. The lowest BCUT2D eigenvalue weighted by Crippen LogP contribution is -2.19. The van der Waals surface area contributed by atoms with E-state index in [0.717, 1.165) is 11.3 Å². The zero-order valence-corrected chi connectivity index (χ0v) is 17.8. The van der Waals surface area contributed by atoms with Crippen LogP contribution < -0.4 is 5.32 Å². The van der Waals surface area contributed by atoms with Gasteiger partial charge in [-0.3, -0.25) is 9.48 Å². The smallest absolute Gasteiger partial charge is 0.348 e. The number of hydrogen-bond donors (Lipinski definition) is 1. The molecule has 0 atom stereocenters. The van der Waals surface area contributed by atoms with E-state index in [-0.39, 0.29) is 28.7 Å². The van der Waals surface area contributed by atoms with E-state index in [0.29, 0.717) is 22.3 Å². The summed E-state index contributed by atoms with van der Waals surface area (Å²) in [6.45, 7) is 7.72. The number of nitrogens with one attached hydrogen (secondary N) is 1. The van der Waals surface area contributed by atoms with Crippen molar-refractivity contribution in [1.29, 1.82) is 0 Å². The highest BCUT2D eigenvalue weighted by molar-refractivity contribution is 9.10. The van der Waals surface area contributed by atoms with Crippen molar-refractivity contribution in [2.75, 3.05) is 18.5 Å². The summed E-state index contributed by atoms with van der Waals surface area (Å²) in [5.74, 6) is -1.62. The minimum absolute atomic E-state index is 0.150. The van der Waals surface area contributed by atoms with Crippen LogP contribution in [0.25, 0.3) is 0 Å². The minimum Gasteiger partial charge on any atom is -0.462 e. The van der Waals surface area contributed by atoms with Crippen molar-refractivity contribution in [3.05, 3.63) is 32.4 Å². The summed E-state index contributed by atoms with van der Waals surface area (Å²) >= 11 is 4.28. The maximum Gasteiger partial charge on any atom is 0.348 e. The molecule has 2 aromatic rings. The van der Waals surface area contributed by atoms with Crippen molar-refractivity contribution in [3.63, 3.8) is 0 Å². The van der Waals surface area contributed by atoms with Crippen molar-refractivity contribution in [2.45, 2.75) is 34.2 Å². The molecule has 8 nitrogen and oxygen atoms in total. The zero-order valence-electron chi connectivity index (χ0n) is 15.4. The fourth-order valence-corrected chi connectivity index (χ4v) is 3.99. The van der Waals surface area contributed by atoms with Gasteiger partial charge in [0.2, 0.25) is 0 Å². The highest BCUT2D eigenvalue weighted by Gasteiger charge is 2.28. The number of aryl methyl sites for hydroxylation is 1. The van der Waals surface area contributed by atoms with Gasteiger partial charge in [0.15, 0.2) is 0 Å². The molecule has 0 aliphatic rings. The molecule has 0 radical (unpaired) electrons. The SMILES string of the molecule is CCOC(=O)c1sc(NC(=O)c2c(Br)cnn2CC)c(C(=O)OCC)c1C. The van der Waals surface area contributed by atoms with E-state index in [1.807, 2.05) is 6.92 Å². The summed E-state index contributed by atoms with van der Waals surface area (Å²) in [4.78, 5) is 37.6. The van der Waals surface area contributed by atoms with Crippen LogP contribution in [0, 0.1) is 6.92 Å². The van der Waals surface area contributed by atoms with Crippen molar-refractivity contribution in [1.82, 2.24) is 9.78 Å². The maximum atomic E-state index is 12.8. The fourth-order valence-electron chi connectivity index (χ4n) is 2.43. The number of esters is 2. The number of carbonyl (C=O) groups is 3. The van der Waals surface area contributed by atoms with E-state index in [9.17, 15) is 14.4 Å². The highest BCUT2D eigenvalue weighted by Crippen LogP contribution is 2.35. The summed E-state index contributed by atoms with van der Waals surface area (Å²) in [6, 6.07) is 0. The molecule has 0 unspecified atom stereocenters. The quantitative estimate of drug-likeness (QED) is 0.636. The van der Waals surface area contributed by atoms with Crippen molar-refractivity contribution in [3.8, 4) is 0 Å². The van der Waals surface area contributed by atoms with E-state index < -0.39 is 17.8 Å². The molecule has 0 saturated carbocycles. The lowest BCUT2D eigenvalue weighted by Gasteiger charge is -2.08. The molecule has 0 bridgehead atoms. The Hall–Kier alpha value is -2.20. The molecule has 1 amide bonds. The van der Waals surface area contributed by atoms with E-state index in [1.54, 1.807) is 20.8 Å². The molecular formula is C17H20BrN3O5S. The summed E-state index contributed by atoms with van der Waals surface area (Å²) in [5.41, 5.74) is 0.878. The first-order valence-corrected chi connectivity index (χ1v) is 9.96. The highest BCUT2D eigenvalue weighted by atomic mass is 79.9. The van der Waals surface area contributed by atoms with Gasteiger partial charge in [-0.1, -0.05) is 0 Å². The second kappa shape index (κ2) is 9.14. The zero-order chi connectivity index (χ0) is 20.1. The van der Waals surface area contributed by atoms with Crippen LogP contribution in [0.15, 0.2) is 10.7 Å². The number of hydrogen-bond acceptors (Lipinski definition) is 7. The maximum absolute atomic E-state index is 12.8. The van der Waals surface area contributed by atoms with Crippen LogP contribution in [0.3, 0.4) is 0 Å². The van der Waals surface area contributed by atoms with Gasteiger partial charge >= 0.3 is 11.9 Å². The van der Waals surface area contributed by atoms with Crippen LogP contribution >= 0.6 is 27.3 Å². The minimum atomic E-state index is -0.611. The number of rotatable bonds is 7. The molecule has 0 aliphatic heterocycles. The molecule has 2 heterocycles. The van der Waals surface area contributed by atoms with Crippen molar-refractivity contribution >= 4 is 50.1 Å². The number of aromatic nitrogens is 2. The molecule has 0 spiro atoms. The van der Waals surface area contributed by atoms with Gasteiger partial charge in [-0.15, -0.1) is 11.3 Å². The number of halogens is 1. The predicted molar refractivity (Wildman–Crippen MR) is 105 cm³/mol. The summed E-state index contributed by atoms with van der Waals surface area (Å²) in [7, 11) is 0. The lowest BCUT2D eigenvalue weighted by molar-refractivity contribution is 0.0527. The van der Waals surface area contributed by atoms with Gasteiger partial charge in [0.25, 0.3) is 5.91 Å². The fraction of sp³-hybridized carbons (Fsp3) is 0.412. The monoisotopic (exact) mass is 457 g/mol. The first-order valence-electron chi connectivity index (χ1n) is 8.35. The Balaban J connectivity index is 2.46. The van der Waals surface area contributed by atoms with E-state index in [2.05, 4.69) is 26.3 Å². The van der Waals surface area contributed by atoms with Crippen LogP contribution in [0.1, 0.15) is 56.9 Å². The van der Waals surface area contributed by atoms with Gasteiger partial charge in [-0.05, 0) is 49.2 Å². The Kier molecular flexibility index (Phi) is 7.14. The molecular weight excluding hydrogens is 438 g/mol. The first kappa shape index (κ1) is 21.1. The number of thiophene rings is 1. The van der Waals surface area contributed by atoms with E-state index >= 15 is 0 Å². The van der Waals surface area contributed by atoms with Crippen molar-refractivity contribution < 1.29 is 23.9 Å². The molecule has 10 heteroatoms. The number of carbonyl (C=O) groups excluding carboxylic acids is 3. The Morgan fingerprint density at radius 1 is 1.19 bits per heavy atom. The Labute approximate surface area is 169 Å². The largest absolute Gasteiger partial charge is 0.462 e. The normalized spacial score (nSPS) is 10.6. The van der Waals surface area contributed by atoms with Gasteiger partial charge in [0, 0.05) is 6.54 Å². The second-order valence-corrected chi connectivity index (χ2v) is 7.19. The van der Waals surface area contributed by atoms with Crippen LogP contribution in [0.5, 0.6) is 0 Å². The average molecular weight is 458 g/mol. The van der Waals surface area contributed by atoms with Gasteiger partial charge in [0.1, 0.15) is 15.6 Å². The van der Waals surface area contributed by atoms with E-state index in [4.69, 9.17) is 9.47 Å². The third-order valence-electron chi connectivity index (χ3n) is 3.62. The Morgan fingerprint density at radius 3 is 2.41 bits per heavy atom. The molecule has 0 saturated heterocycles. The van der Waals surface area contributed by atoms with Gasteiger partial charge < -0.3 is 14.8 Å². The second-order valence-electron chi connectivity index (χ2n) is 5.31. The molecule has 146 valence electrons. The van der Waals surface area contributed by atoms with Gasteiger partial charge in [-0.2, -0.15) is 5.10 Å². The molecule has 2 rings (SSSR count). The third kappa shape index (κ3) is 4.38. The predicted octanol–water partition coefficient (Wildman–Crippen LogP) is 3.64. The van der Waals surface area contributed by atoms with Gasteiger partial charge in [0.05, 0.1) is 29.4 Å². The van der Waals surface area contributed by atoms with Crippen LogP contribution in [0.2, 0.25) is 0 Å². The first-order chi connectivity index (χ1) is 12.8. The van der Waals surface area contributed by atoms with Gasteiger partial charge in [-0.25, -0.2) is 9.59 Å². The number of nitrogens with zero attached hydrogens (tertiary/aromatic N) is 2. The molecule has 0 aliphatic carbocycles. The third-order valence-corrected chi connectivity index (χ3v) is 5.39. The Morgan fingerprint density at radius 2 is 1.81 bits per heavy atom. The Bertz CT molecular complexity index is 874. The lowest BCUT2D eigenvalue weighted by atomic mass is 10.1. The molecule has 2 aromatic heterocycles. The van der Waals surface area contributed by atoms with Crippen molar-refractivity contribution in [2.24, 2.45) is 0 Å². The number of amides is 1. The average Bonchev–Trinajstić information content (AvgIpc) is 3.15. The topological polar surface area (TPSA) is 99.5 Å². The van der Waals surface area contributed by atoms with E-state index in [1.165, 1.54) is 10.9 Å². The van der Waals surface area contributed by atoms with Crippen LogP contribution in [-0.4, -0.2) is 40.8 Å². The summed E-state index contributed by atoms with van der Waals surface area (Å²) < 4.78 is 12.2. The number of ether oxygens (including phenoxy) is 2. The molecule has 27 heavy (non-hydrogen) atoms. The summed E-state index contributed by atoms with van der Waals surface area (Å²) in [5, 5.41) is 7.04. The standard InChI is InChI=1S/C17H20BrN3O5S/c1-5-21-12(10(18)8-19-21)14(22)20-15-11(16(23)25-6-2)9(4)13(27-15)17(24)26-7-3/h8H,5-7H2,1-4H3,(H,20,22).